The quantitative estimate of drug-likeness (QED) is 0.548. The van der Waals surface area contributed by atoms with Crippen LogP contribution in [-0.4, -0.2) is 18.4 Å². The molecule has 0 amide bonds. The molecule has 1 fully saturated rings. The maximum atomic E-state index is 12.2. The van der Waals surface area contributed by atoms with E-state index in [4.69, 9.17) is 4.74 Å². The molecule has 0 bridgehead atoms. The van der Waals surface area contributed by atoms with Crippen LogP contribution in [0.2, 0.25) is 0 Å². The Balaban J connectivity index is 2.97. The van der Waals surface area contributed by atoms with Gasteiger partial charge in [-0.15, -0.1) is 0 Å². The van der Waals surface area contributed by atoms with E-state index in [-0.39, 0.29) is 17.7 Å². The Morgan fingerprint density at radius 3 is 2.62 bits per heavy atom. The highest BCUT2D eigenvalue weighted by molar-refractivity contribution is 6.04. The van der Waals surface area contributed by atoms with Gasteiger partial charge in [-0.25, -0.2) is 0 Å². The summed E-state index contributed by atoms with van der Waals surface area (Å²) in [6.07, 6.45) is 2.09. The second kappa shape index (κ2) is 4.98. The van der Waals surface area contributed by atoms with E-state index in [9.17, 15) is 9.59 Å². The average Bonchev–Trinajstić information content (AvgIpc) is 2.17. The molecule has 0 saturated heterocycles. The number of ether oxygens (including phenoxy) is 1. The molecule has 0 aromatic carbocycles. The number of esters is 1. The maximum absolute atomic E-state index is 12.2. The van der Waals surface area contributed by atoms with Gasteiger partial charge in [-0.3, -0.25) is 9.59 Å². The Labute approximate surface area is 97.5 Å². The van der Waals surface area contributed by atoms with Crippen LogP contribution in [0.1, 0.15) is 47.0 Å². The minimum Gasteiger partial charge on any atom is -0.465 e. The SMILES string of the molecule is CCOC(=O)[C@@]1(C(C)C)CC[C@H](C)CC1=O. The molecule has 0 aromatic heterocycles. The number of carbonyl (C=O) groups is 2. The standard InChI is InChI=1S/C13H22O3/c1-5-16-12(15)13(9(2)3)7-6-10(4)8-11(13)14/h9-10H,5-8H2,1-4H3/t10-,13+/m0/s1. The van der Waals surface area contributed by atoms with Crippen molar-refractivity contribution < 1.29 is 14.3 Å². The first-order valence-electron chi connectivity index (χ1n) is 6.15. The van der Waals surface area contributed by atoms with Gasteiger partial charge in [-0.1, -0.05) is 20.8 Å². The third-order valence-corrected chi connectivity index (χ3v) is 3.69. The zero-order valence-electron chi connectivity index (χ0n) is 10.7. The van der Waals surface area contributed by atoms with Gasteiger partial charge in [0.05, 0.1) is 6.61 Å². The van der Waals surface area contributed by atoms with Crippen LogP contribution in [0.5, 0.6) is 0 Å². The molecule has 1 aliphatic carbocycles. The predicted molar refractivity (Wildman–Crippen MR) is 61.9 cm³/mol. The van der Waals surface area contributed by atoms with Crippen LogP contribution in [-0.2, 0) is 14.3 Å². The molecule has 0 heterocycles. The van der Waals surface area contributed by atoms with Crippen LogP contribution in [0.25, 0.3) is 0 Å². The minimum atomic E-state index is -0.872. The lowest BCUT2D eigenvalue weighted by Gasteiger charge is -2.38. The predicted octanol–water partition coefficient (Wildman–Crippen LogP) is 2.58. The number of ketones is 1. The van der Waals surface area contributed by atoms with Gasteiger partial charge in [0.25, 0.3) is 0 Å². The van der Waals surface area contributed by atoms with E-state index in [2.05, 4.69) is 6.92 Å². The number of carbonyl (C=O) groups excluding carboxylic acids is 2. The number of hydrogen-bond acceptors (Lipinski definition) is 3. The van der Waals surface area contributed by atoms with Gasteiger partial charge < -0.3 is 4.74 Å². The van der Waals surface area contributed by atoms with Crippen molar-refractivity contribution >= 4 is 11.8 Å². The Morgan fingerprint density at radius 1 is 1.56 bits per heavy atom. The molecule has 0 radical (unpaired) electrons. The summed E-state index contributed by atoms with van der Waals surface area (Å²) in [5, 5.41) is 0. The van der Waals surface area contributed by atoms with Crippen molar-refractivity contribution in [3.8, 4) is 0 Å². The molecule has 1 saturated carbocycles. The summed E-state index contributed by atoms with van der Waals surface area (Å²) in [7, 11) is 0. The fraction of sp³-hybridized carbons (Fsp3) is 0.846. The minimum absolute atomic E-state index is 0.0200. The summed E-state index contributed by atoms with van der Waals surface area (Å²) in [6, 6.07) is 0. The third-order valence-electron chi connectivity index (χ3n) is 3.69. The number of Topliss-reactive ketones (excluding diaryl/α,β-unsaturated/α-hetero) is 1. The smallest absolute Gasteiger partial charge is 0.319 e. The Bertz CT molecular complexity index is 273. The Hall–Kier alpha value is -0.860. The van der Waals surface area contributed by atoms with Crippen molar-refractivity contribution in [1.29, 1.82) is 0 Å². The maximum Gasteiger partial charge on any atom is 0.319 e. The third kappa shape index (κ3) is 2.13. The van der Waals surface area contributed by atoms with E-state index in [1.807, 2.05) is 13.8 Å². The van der Waals surface area contributed by atoms with Gasteiger partial charge in [0.15, 0.2) is 5.78 Å². The number of hydrogen-bond donors (Lipinski definition) is 0. The number of rotatable bonds is 3. The summed E-state index contributed by atoms with van der Waals surface area (Å²) in [5.41, 5.74) is -0.872. The van der Waals surface area contributed by atoms with E-state index in [0.29, 0.717) is 25.4 Å². The van der Waals surface area contributed by atoms with Crippen molar-refractivity contribution in [3.05, 3.63) is 0 Å². The van der Waals surface area contributed by atoms with Crippen LogP contribution in [0.15, 0.2) is 0 Å². The molecule has 92 valence electrons. The first-order valence-corrected chi connectivity index (χ1v) is 6.15. The van der Waals surface area contributed by atoms with Gasteiger partial charge >= 0.3 is 5.97 Å². The van der Waals surface area contributed by atoms with Crippen molar-refractivity contribution in [2.24, 2.45) is 17.3 Å². The summed E-state index contributed by atoms with van der Waals surface area (Å²) >= 11 is 0. The summed E-state index contributed by atoms with van der Waals surface area (Å²) in [4.78, 5) is 24.2. The zero-order chi connectivity index (χ0) is 12.3. The van der Waals surface area contributed by atoms with Gasteiger partial charge in [0.1, 0.15) is 5.41 Å². The summed E-state index contributed by atoms with van der Waals surface area (Å²) < 4.78 is 5.09. The highest BCUT2D eigenvalue weighted by atomic mass is 16.5. The van der Waals surface area contributed by atoms with Crippen LogP contribution in [0, 0.1) is 17.3 Å². The molecule has 0 N–H and O–H groups in total. The average molecular weight is 226 g/mol. The van der Waals surface area contributed by atoms with Gasteiger partial charge in [-0.2, -0.15) is 0 Å². The monoisotopic (exact) mass is 226 g/mol. The molecule has 2 atom stereocenters. The normalized spacial score (nSPS) is 30.6. The van der Waals surface area contributed by atoms with E-state index in [0.717, 1.165) is 6.42 Å². The molecule has 3 nitrogen and oxygen atoms in total. The fourth-order valence-electron chi connectivity index (χ4n) is 2.54. The van der Waals surface area contributed by atoms with Crippen LogP contribution < -0.4 is 0 Å². The molecule has 0 spiro atoms. The van der Waals surface area contributed by atoms with Crippen molar-refractivity contribution in [3.63, 3.8) is 0 Å². The van der Waals surface area contributed by atoms with Gasteiger partial charge in [-0.05, 0) is 31.6 Å². The lowest BCUT2D eigenvalue weighted by Crippen LogP contribution is -2.48. The molecule has 3 heteroatoms. The second-order valence-electron chi connectivity index (χ2n) is 5.12. The van der Waals surface area contributed by atoms with Crippen LogP contribution in [0.3, 0.4) is 0 Å². The molecule has 0 aromatic rings. The van der Waals surface area contributed by atoms with Crippen LogP contribution in [0.4, 0.5) is 0 Å². The Morgan fingerprint density at radius 2 is 2.19 bits per heavy atom. The van der Waals surface area contributed by atoms with E-state index < -0.39 is 5.41 Å². The first-order chi connectivity index (χ1) is 7.45. The van der Waals surface area contributed by atoms with Crippen molar-refractivity contribution in [1.82, 2.24) is 0 Å². The van der Waals surface area contributed by atoms with Crippen LogP contribution >= 0.6 is 0 Å². The second-order valence-corrected chi connectivity index (χ2v) is 5.12. The topological polar surface area (TPSA) is 43.4 Å². The molecule has 16 heavy (non-hydrogen) atoms. The molecule has 1 rings (SSSR count). The van der Waals surface area contributed by atoms with E-state index in [1.165, 1.54) is 0 Å². The summed E-state index contributed by atoms with van der Waals surface area (Å²) in [5.74, 6) is 0.168. The largest absolute Gasteiger partial charge is 0.465 e. The molecule has 1 aliphatic rings. The van der Waals surface area contributed by atoms with Gasteiger partial charge in [0.2, 0.25) is 0 Å². The Kier molecular flexibility index (Phi) is 4.11. The highest BCUT2D eigenvalue weighted by Crippen LogP contribution is 2.42. The molecular weight excluding hydrogens is 204 g/mol. The molecule has 0 unspecified atom stereocenters. The lowest BCUT2D eigenvalue weighted by atomic mass is 9.64. The molecule has 0 aliphatic heterocycles. The van der Waals surface area contributed by atoms with Crippen molar-refractivity contribution in [2.45, 2.75) is 47.0 Å². The first kappa shape index (κ1) is 13.2. The van der Waals surface area contributed by atoms with Gasteiger partial charge in [0, 0.05) is 6.42 Å². The fourth-order valence-corrected chi connectivity index (χ4v) is 2.54. The van der Waals surface area contributed by atoms with Crippen molar-refractivity contribution in [2.75, 3.05) is 6.61 Å². The molecular formula is C13H22O3. The van der Waals surface area contributed by atoms with E-state index in [1.54, 1.807) is 6.92 Å². The highest BCUT2D eigenvalue weighted by Gasteiger charge is 2.51. The van der Waals surface area contributed by atoms with E-state index >= 15 is 0 Å². The summed E-state index contributed by atoms with van der Waals surface area (Å²) in [6.45, 7) is 8.06. The zero-order valence-corrected chi connectivity index (χ0v) is 10.7. The lowest BCUT2D eigenvalue weighted by molar-refractivity contribution is -0.166.